The van der Waals surface area contributed by atoms with E-state index in [9.17, 15) is 9.59 Å². The van der Waals surface area contributed by atoms with E-state index in [-0.39, 0.29) is 5.78 Å². The van der Waals surface area contributed by atoms with E-state index >= 15 is 0 Å². The first-order valence-corrected chi connectivity index (χ1v) is 6.31. The standard InChI is InChI=1S/C15H20O3/c1-4-5-6-14(12(3)17)18-15-8-7-11(2)9-13(15)10-16/h7-10,14H,4-6H2,1-3H3. The number of carbonyl (C=O) groups excluding carboxylic acids is 2. The Hall–Kier alpha value is -1.64. The van der Waals surface area contributed by atoms with Gasteiger partial charge in [0.1, 0.15) is 5.75 Å². The van der Waals surface area contributed by atoms with Gasteiger partial charge in [-0.3, -0.25) is 9.59 Å². The molecule has 0 aliphatic heterocycles. The third kappa shape index (κ3) is 3.99. The Bertz CT molecular complexity index is 424. The van der Waals surface area contributed by atoms with Crippen LogP contribution in [-0.2, 0) is 4.79 Å². The van der Waals surface area contributed by atoms with Gasteiger partial charge in [-0.1, -0.05) is 25.0 Å². The summed E-state index contributed by atoms with van der Waals surface area (Å²) in [5, 5.41) is 0. The molecule has 0 aliphatic rings. The molecule has 0 aromatic heterocycles. The second kappa shape index (κ2) is 6.94. The summed E-state index contributed by atoms with van der Waals surface area (Å²) in [6.45, 7) is 5.51. The average Bonchev–Trinajstić information content (AvgIpc) is 2.35. The van der Waals surface area contributed by atoms with E-state index in [1.54, 1.807) is 12.1 Å². The van der Waals surface area contributed by atoms with Crippen LogP contribution in [0.25, 0.3) is 0 Å². The molecule has 0 fully saturated rings. The van der Waals surface area contributed by atoms with Gasteiger partial charge in [0.05, 0.1) is 5.56 Å². The van der Waals surface area contributed by atoms with Gasteiger partial charge in [0.2, 0.25) is 0 Å². The van der Waals surface area contributed by atoms with Crippen LogP contribution in [0.5, 0.6) is 5.75 Å². The summed E-state index contributed by atoms with van der Waals surface area (Å²) >= 11 is 0. The Kier molecular flexibility index (Phi) is 5.56. The predicted molar refractivity (Wildman–Crippen MR) is 71.2 cm³/mol. The van der Waals surface area contributed by atoms with Gasteiger partial charge in [0.15, 0.2) is 18.2 Å². The van der Waals surface area contributed by atoms with Crippen LogP contribution < -0.4 is 4.74 Å². The van der Waals surface area contributed by atoms with Crippen molar-refractivity contribution < 1.29 is 14.3 Å². The first-order chi connectivity index (χ1) is 8.58. The molecule has 1 unspecified atom stereocenters. The monoisotopic (exact) mass is 248 g/mol. The highest BCUT2D eigenvalue weighted by Crippen LogP contribution is 2.21. The molecule has 0 radical (unpaired) electrons. The third-order valence-electron chi connectivity index (χ3n) is 2.83. The molecule has 3 nitrogen and oxygen atoms in total. The minimum atomic E-state index is -0.452. The zero-order valence-corrected chi connectivity index (χ0v) is 11.2. The number of rotatable bonds is 7. The van der Waals surface area contributed by atoms with Crippen LogP contribution in [0.2, 0.25) is 0 Å². The van der Waals surface area contributed by atoms with Gasteiger partial charge in [-0.05, 0) is 38.8 Å². The normalized spacial score (nSPS) is 11.9. The lowest BCUT2D eigenvalue weighted by Gasteiger charge is -2.17. The third-order valence-corrected chi connectivity index (χ3v) is 2.83. The van der Waals surface area contributed by atoms with Gasteiger partial charge in [0.25, 0.3) is 0 Å². The summed E-state index contributed by atoms with van der Waals surface area (Å²) < 4.78 is 5.67. The number of aldehydes is 1. The van der Waals surface area contributed by atoms with Gasteiger partial charge in [-0.25, -0.2) is 0 Å². The van der Waals surface area contributed by atoms with Crippen molar-refractivity contribution in [1.29, 1.82) is 0 Å². The highest BCUT2D eigenvalue weighted by Gasteiger charge is 2.17. The molecular formula is C15H20O3. The summed E-state index contributed by atoms with van der Waals surface area (Å²) in [4.78, 5) is 22.5. The molecule has 0 N–H and O–H groups in total. The Morgan fingerprint density at radius 1 is 1.44 bits per heavy atom. The first-order valence-electron chi connectivity index (χ1n) is 6.31. The number of benzene rings is 1. The van der Waals surface area contributed by atoms with Crippen LogP contribution >= 0.6 is 0 Å². The van der Waals surface area contributed by atoms with E-state index in [1.807, 2.05) is 13.0 Å². The van der Waals surface area contributed by atoms with E-state index in [0.29, 0.717) is 17.7 Å². The Morgan fingerprint density at radius 3 is 2.72 bits per heavy atom. The number of unbranched alkanes of at least 4 members (excludes halogenated alkanes) is 1. The van der Waals surface area contributed by atoms with Crippen molar-refractivity contribution in [3.63, 3.8) is 0 Å². The lowest BCUT2D eigenvalue weighted by atomic mass is 10.1. The fraction of sp³-hybridized carbons (Fsp3) is 0.467. The van der Waals surface area contributed by atoms with Crippen LogP contribution in [0, 0.1) is 6.92 Å². The van der Waals surface area contributed by atoms with E-state index in [4.69, 9.17) is 4.74 Å². The summed E-state index contributed by atoms with van der Waals surface area (Å²) in [6.07, 6.45) is 2.96. The average molecular weight is 248 g/mol. The van der Waals surface area contributed by atoms with E-state index in [1.165, 1.54) is 6.92 Å². The van der Waals surface area contributed by atoms with Crippen molar-refractivity contribution in [2.45, 2.75) is 46.1 Å². The smallest absolute Gasteiger partial charge is 0.170 e. The molecule has 0 saturated heterocycles. The number of carbonyl (C=O) groups is 2. The number of hydrogen-bond acceptors (Lipinski definition) is 3. The van der Waals surface area contributed by atoms with Gasteiger partial charge in [-0.15, -0.1) is 0 Å². The van der Waals surface area contributed by atoms with E-state index < -0.39 is 6.10 Å². The number of ketones is 1. The van der Waals surface area contributed by atoms with Crippen molar-refractivity contribution in [2.75, 3.05) is 0 Å². The molecule has 0 spiro atoms. The second-order valence-corrected chi connectivity index (χ2v) is 4.52. The molecule has 1 atom stereocenters. The van der Waals surface area contributed by atoms with Crippen molar-refractivity contribution >= 4 is 12.1 Å². The zero-order chi connectivity index (χ0) is 13.5. The van der Waals surface area contributed by atoms with Crippen molar-refractivity contribution in [3.8, 4) is 5.75 Å². The maximum absolute atomic E-state index is 11.5. The number of aryl methyl sites for hydroxylation is 1. The number of hydrogen-bond donors (Lipinski definition) is 0. The van der Waals surface area contributed by atoms with E-state index in [2.05, 4.69) is 6.92 Å². The maximum atomic E-state index is 11.5. The number of Topliss-reactive ketones (excluding diaryl/α,β-unsaturated/α-hetero) is 1. The van der Waals surface area contributed by atoms with Crippen LogP contribution in [0.3, 0.4) is 0 Å². The minimum Gasteiger partial charge on any atom is -0.482 e. The molecule has 0 heterocycles. The van der Waals surface area contributed by atoms with E-state index in [0.717, 1.165) is 24.7 Å². The highest BCUT2D eigenvalue weighted by molar-refractivity contribution is 5.82. The van der Waals surface area contributed by atoms with Crippen LogP contribution in [0.4, 0.5) is 0 Å². The summed E-state index contributed by atoms with van der Waals surface area (Å²) in [6, 6.07) is 5.39. The van der Waals surface area contributed by atoms with Crippen molar-refractivity contribution in [3.05, 3.63) is 29.3 Å². The lowest BCUT2D eigenvalue weighted by Crippen LogP contribution is -2.25. The molecule has 1 aromatic rings. The van der Waals surface area contributed by atoms with Crippen LogP contribution in [-0.4, -0.2) is 18.2 Å². The summed E-state index contributed by atoms with van der Waals surface area (Å²) in [5.74, 6) is 0.493. The SMILES string of the molecule is CCCCC(Oc1ccc(C)cc1C=O)C(C)=O. The Balaban J connectivity index is 2.86. The molecule has 3 heteroatoms. The fourth-order valence-electron chi connectivity index (χ4n) is 1.76. The summed E-state index contributed by atoms with van der Waals surface area (Å²) in [7, 11) is 0. The van der Waals surface area contributed by atoms with Crippen molar-refractivity contribution in [1.82, 2.24) is 0 Å². The molecule has 1 rings (SSSR count). The highest BCUT2D eigenvalue weighted by atomic mass is 16.5. The molecule has 98 valence electrons. The van der Waals surface area contributed by atoms with Crippen LogP contribution in [0.15, 0.2) is 18.2 Å². The molecule has 0 saturated carbocycles. The maximum Gasteiger partial charge on any atom is 0.170 e. The lowest BCUT2D eigenvalue weighted by molar-refractivity contribution is -0.123. The number of ether oxygens (including phenoxy) is 1. The van der Waals surface area contributed by atoms with Gasteiger partial charge in [-0.2, -0.15) is 0 Å². The Labute approximate surface area is 108 Å². The Morgan fingerprint density at radius 2 is 2.17 bits per heavy atom. The molecule has 0 aliphatic carbocycles. The fourth-order valence-corrected chi connectivity index (χ4v) is 1.76. The first kappa shape index (κ1) is 14.4. The quantitative estimate of drug-likeness (QED) is 0.695. The molecule has 0 amide bonds. The minimum absolute atomic E-state index is 0.000809. The molecule has 0 bridgehead atoms. The molecule has 18 heavy (non-hydrogen) atoms. The van der Waals surface area contributed by atoms with Gasteiger partial charge >= 0.3 is 0 Å². The molecule has 1 aromatic carbocycles. The zero-order valence-electron chi connectivity index (χ0n) is 11.2. The van der Waals surface area contributed by atoms with Gasteiger partial charge in [0, 0.05) is 0 Å². The largest absolute Gasteiger partial charge is 0.482 e. The topological polar surface area (TPSA) is 43.4 Å². The van der Waals surface area contributed by atoms with Crippen molar-refractivity contribution in [2.24, 2.45) is 0 Å². The molecular weight excluding hydrogens is 228 g/mol. The second-order valence-electron chi connectivity index (χ2n) is 4.52. The van der Waals surface area contributed by atoms with Gasteiger partial charge < -0.3 is 4.74 Å². The van der Waals surface area contributed by atoms with Crippen LogP contribution in [0.1, 0.15) is 49.0 Å². The summed E-state index contributed by atoms with van der Waals surface area (Å²) in [5.41, 5.74) is 1.50. The predicted octanol–water partition coefficient (Wildman–Crippen LogP) is 3.33.